The van der Waals surface area contributed by atoms with E-state index in [4.69, 9.17) is 0 Å². The second-order valence-corrected chi connectivity index (χ2v) is 7.47. The van der Waals surface area contributed by atoms with Gasteiger partial charge in [-0.1, -0.05) is 55.5 Å². The molecule has 1 aromatic heterocycles. The molecule has 0 fully saturated rings. The largest absolute Gasteiger partial charge is 0.298 e. The molecule has 1 N–H and O–H groups in total. The lowest BCUT2D eigenvalue weighted by Gasteiger charge is -2.26. The molecule has 0 spiro atoms. The van der Waals surface area contributed by atoms with E-state index in [9.17, 15) is 9.59 Å². The summed E-state index contributed by atoms with van der Waals surface area (Å²) in [5.74, 6) is -0.124. The van der Waals surface area contributed by atoms with Gasteiger partial charge in [-0.3, -0.25) is 14.9 Å². The Balaban J connectivity index is 1.71. The predicted molar refractivity (Wildman–Crippen MR) is 92.7 cm³/mol. The molecule has 1 aromatic carbocycles. The summed E-state index contributed by atoms with van der Waals surface area (Å²) in [5.41, 5.74) is 1.70. The number of hydrogen-bond donors (Lipinski definition) is 1. The summed E-state index contributed by atoms with van der Waals surface area (Å²) in [5, 5.41) is 3.24. The summed E-state index contributed by atoms with van der Waals surface area (Å²) in [7, 11) is 0. The molecule has 23 heavy (non-hydrogen) atoms. The fourth-order valence-electron chi connectivity index (χ4n) is 2.66. The Labute approximate surface area is 139 Å². The number of nitrogens with zero attached hydrogens (tertiary/aromatic N) is 1. The first-order valence-electron chi connectivity index (χ1n) is 7.50. The van der Waals surface area contributed by atoms with Crippen LogP contribution in [0.1, 0.15) is 41.2 Å². The first-order chi connectivity index (χ1) is 10.9. The van der Waals surface area contributed by atoms with Gasteiger partial charge in [0.2, 0.25) is 5.91 Å². The zero-order chi connectivity index (χ0) is 16.4. The van der Waals surface area contributed by atoms with Crippen LogP contribution in [0.25, 0.3) is 6.08 Å². The summed E-state index contributed by atoms with van der Waals surface area (Å²) in [6.45, 7) is 4.13. The normalized spacial score (nSPS) is 16.3. The third kappa shape index (κ3) is 3.74. The fraction of sp³-hybridized carbons (Fsp3) is 0.278. The fourth-order valence-corrected chi connectivity index (χ4v) is 3.58. The molecule has 0 saturated heterocycles. The maximum absolute atomic E-state index is 12.2. The lowest BCUT2D eigenvalue weighted by Crippen LogP contribution is -2.26. The van der Waals surface area contributed by atoms with Crippen LogP contribution in [-0.4, -0.2) is 16.7 Å². The standard InChI is InChI=1S/C18H18N2O2S/c1-18(2)10-13-16(14(21)11-18)23-17(19-13)20-15(22)9-8-12-6-4-3-5-7-12/h3-9H,10-11H2,1-2H3,(H,19,20,22)/b9-8+. The van der Waals surface area contributed by atoms with Crippen LogP contribution >= 0.6 is 11.3 Å². The van der Waals surface area contributed by atoms with Crippen LogP contribution in [0, 0.1) is 5.41 Å². The molecule has 0 saturated carbocycles. The zero-order valence-corrected chi connectivity index (χ0v) is 13.9. The summed E-state index contributed by atoms with van der Waals surface area (Å²) in [4.78, 5) is 29.3. The highest BCUT2D eigenvalue weighted by molar-refractivity contribution is 7.17. The van der Waals surface area contributed by atoms with Gasteiger partial charge in [-0.25, -0.2) is 4.98 Å². The van der Waals surface area contributed by atoms with E-state index in [-0.39, 0.29) is 17.1 Å². The molecule has 1 amide bonds. The average molecular weight is 326 g/mol. The Morgan fingerprint density at radius 3 is 2.74 bits per heavy atom. The molecule has 5 heteroatoms. The van der Waals surface area contributed by atoms with Crippen molar-refractivity contribution in [2.24, 2.45) is 5.41 Å². The molecule has 0 bridgehead atoms. The van der Waals surface area contributed by atoms with Crippen LogP contribution in [0.5, 0.6) is 0 Å². The minimum Gasteiger partial charge on any atom is -0.298 e. The predicted octanol–water partition coefficient (Wildman–Crippen LogP) is 3.95. The maximum atomic E-state index is 12.2. The summed E-state index contributed by atoms with van der Waals surface area (Å²) in [6, 6.07) is 9.61. The number of thiazole rings is 1. The van der Waals surface area contributed by atoms with Crippen molar-refractivity contribution in [2.45, 2.75) is 26.7 Å². The smallest absolute Gasteiger partial charge is 0.250 e. The van der Waals surface area contributed by atoms with Crippen molar-refractivity contribution in [3.05, 3.63) is 52.5 Å². The number of carbonyl (C=O) groups excluding carboxylic acids is 2. The van der Waals surface area contributed by atoms with E-state index >= 15 is 0 Å². The van der Waals surface area contributed by atoms with Crippen LogP contribution in [-0.2, 0) is 11.2 Å². The third-order valence-corrected chi connectivity index (χ3v) is 4.75. The molecule has 118 valence electrons. The Morgan fingerprint density at radius 1 is 1.26 bits per heavy atom. The Bertz CT molecular complexity index is 776. The van der Waals surface area contributed by atoms with Gasteiger partial charge in [0, 0.05) is 12.5 Å². The van der Waals surface area contributed by atoms with E-state index < -0.39 is 0 Å². The number of anilines is 1. The molecule has 4 nitrogen and oxygen atoms in total. The van der Waals surface area contributed by atoms with Gasteiger partial charge in [-0.05, 0) is 23.5 Å². The van der Waals surface area contributed by atoms with Crippen molar-refractivity contribution < 1.29 is 9.59 Å². The van der Waals surface area contributed by atoms with E-state index in [1.807, 2.05) is 30.3 Å². The van der Waals surface area contributed by atoms with Gasteiger partial charge < -0.3 is 0 Å². The van der Waals surface area contributed by atoms with Crippen molar-refractivity contribution in [3.8, 4) is 0 Å². The minimum absolute atomic E-state index is 0.0628. The van der Waals surface area contributed by atoms with Gasteiger partial charge >= 0.3 is 0 Å². The molecule has 1 aliphatic carbocycles. The molecular weight excluding hydrogens is 308 g/mol. The number of benzene rings is 1. The number of Topliss-reactive ketones (excluding diaryl/α,β-unsaturated/α-hetero) is 1. The molecule has 0 radical (unpaired) electrons. The highest BCUT2D eigenvalue weighted by Gasteiger charge is 2.33. The quantitative estimate of drug-likeness (QED) is 0.869. The number of rotatable bonds is 3. The van der Waals surface area contributed by atoms with Gasteiger partial charge in [0.05, 0.1) is 10.6 Å². The van der Waals surface area contributed by atoms with Gasteiger partial charge in [0.25, 0.3) is 0 Å². The second-order valence-electron chi connectivity index (χ2n) is 6.47. The number of nitrogens with one attached hydrogen (secondary N) is 1. The zero-order valence-electron chi connectivity index (χ0n) is 13.1. The molecular formula is C18H18N2O2S. The Morgan fingerprint density at radius 2 is 2.00 bits per heavy atom. The van der Waals surface area contributed by atoms with Crippen LogP contribution in [0.3, 0.4) is 0 Å². The van der Waals surface area contributed by atoms with Gasteiger partial charge in [-0.2, -0.15) is 0 Å². The van der Waals surface area contributed by atoms with E-state index in [1.54, 1.807) is 6.08 Å². The number of fused-ring (bicyclic) bond motifs is 1. The van der Waals surface area contributed by atoms with E-state index in [1.165, 1.54) is 17.4 Å². The topological polar surface area (TPSA) is 59.1 Å². The van der Waals surface area contributed by atoms with Crippen molar-refractivity contribution in [1.29, 1.82) is 0 Å². The molecule has 2 aromatic rings. The lowest BCUT2D eigenvalue weighted by molar-refractivity contribution is -0.111. The molecule has 0 aliphatic heterocycles. The number of aromatic nitrogens is 1. The lowest BCUT2D eigenvalue weighted by atomic mass is 9.78. The first kappa shape index (κ1) is 15.6. The summed E-state index contributed by atoms with van der Waals surface area (Å²) >= 11 is 1.27. The van der Waals surface area contributed by atoms with Crippen LogP contribution in [0.15, 0.2) is 36.4 Å². The van der Waals surface area contributed by atoms with Gasteiger partial charge in [0.1, 0.15) is 0 Å². The second kappa shape index (κ2) is 6.08. The summed E-state index contributed by atoms with van der Waals surface area (Å²) in [6.07, 6.45) is 4.52. The molecule has 0 unspecified atom stereocenters. The molecule has 1 heterocycles. The van der Waals surface area contributed by atoms with Crippen LogP contribution in [0.4, 0.5) is 5.13 Å². The van der Waals surface area contributed by atoms with Gasteiger partial charge in [0.15, 0.2) is 10.9 Å². The monoisotopic (exact) mass is 326 g/mol. The first-order valence-corrected chi connectivity index (χ1v) is 8.32. The van der Waals surface area contributed by atoms with Crippen molar-refractivity contribution in [1.82, 2.24) is 4.98 Å². The third-order valence-electron chi connectivity index (χ3n) is 3.69. The molecule has 3 rings (SSSR count). The van der Waals surface area contributed by atoms with Crippen molar-refractivity contribution in [3.63, 3.8) is 0 Å². The number of carbonyl (C=O) groups is 2. The maximum Gasteiger partial charge on any atom is 0.250 e. The average Bonchev–Trinajstić information content (AvgIpc) is 2.87. The SMILES string of the molecule is CC1(C)CC(=O)c2sc(NC(=O)/C=C/c3ccccc3)nc2C1. The highest BCUT2D eigenvalue weighted by atomic mass is 32.1. The van der Waals surface area contributed by atoms with Crippen LogP contribution < -0.4 is 5.32 Å². The molecule has 0 atom stereocenters. The van der Waals surface area contributed by atoms with E-state index in [0.29, 0.717) is 16.4 Å². The summed E-state index contributed by atoms with van der Waals surface area (Å²) < 4.78 is 0. The molecule has 1 aliphatic rings. The number of ketones is 1. The van der Waals surface area contributed by atoms with Crippen LogP contribution in [0.2, 0.25) is 0 Å². The van der Waals surface area contributed by atoms with Crippen molar-refractivity contribution in [2.75, 3.05) is 5.32 Å². The van der Waals surface area contributed by atoms with Gasteiger partial charge in [-0.15, -0.1) is 0 Å². The van der Waals surface area contributed by atoms with E-state index in [2.05, 4.69) is 24.1 Å². The highest BCUT2D eigenvalue weighted by Crippen LogP contribution is 2.38. The van der Waals surface area contributed by atoms with E-state index in [0.717, 1.165) is 17.7 Å². The minimum atomic E-state index is -0.244. The number of hydrogen-bond acceptors (Lipinski definition) is 4. The number of amides is 1. The Hall–Kier alpha value is -2.27. The Kier molecular flexibility index (Phi) is 4.13. The van der Waals surface area contributed by atoms with Crippen molar-refractivity contribution >= 4 is 34.2 Å².